The molecule has 0 aliphatic carbocycles. The summed E-state index contributed by atoms with van der Waals surface area (Å²) in [6.45, 7) is 3.39. The van der Waals surface area contributed by atoms with Crippen LogP contribution in [0.25, 0.3) is 0 Å². The highest BCUT2D eigenvalue weighted by molar-refractivity contribution is 9.10. The Bertz CT molecular complexity index is 427. The molecule has 0 aromatic heterocycles. The number of nitrogens with two attached hydrogens (primary N) is 1. The molecule has 3 nitrogen and oxygen atoms in total. The van der Waals surface area contributed by atoms with E-state index in [0.29, 0.717) is 35.4 Å². The molecule has 1 aromatic rings. The lowest BCUT2D eigenvalue weighted by Crippen LogP contribution is -2.42. The second-order valence-corrected chi connectivity index (χ2v) is 5.46. The van der Waals surface area contributed by atoms with Gasteiger partial charge in [0.2, 0.25) is 0 Å². The van der Waals surface area contributed by atoms with Crippen molar-refractivity contribution in [3.63, 3.8) is 0 Å². The first-order valence-electron chi connectivity index (χ1n) is 5.66. The fourth-order valence-electron chi connectivity index (χ4n) is 2.18. The van der Waals surface area contributed by atoms with Crippen LogP contribution in [0.1, 0.15) is 13.3 Å². The summed E-state index contributed by atoms with van der Waals surface area (Å²) in [5.41, 5.74) is 7.17. The first-order chi connectivity index (χ1) is 7.99. The average molecular weight is 303 g/mol. The van der Waals surface area contributed by atoms with E-state index >= 15 is 0 Å². The molecule has 0 radical (unpaired) electrons. The fraction of sp³-hybridized carbons (Fsp3) is 0.500. The summed E-state index contributed by atoms with van der Waals surface area (Å²) in [6, 6.07) is 3.03. The van der Waals surface area contributed by atoms with Gasteiger partial charge in [-0.25, -0.2) is 4.39 Å². The number of anilines is 2. The van der Waals surface area contributed by atoms with Crippen molar-refractivity contribution in [3.8, 4) is 0 Å². The van der Waals surface area contributed by atoms with E-state index in [0.717, 1.165) is 0 Å². The molecule has 0 bridgehead atoms. The number of benzene rings is 1. The zero-order valence-electron chi connectivity index (χ0n) is 9.66. The lowest BCUT2D eigenvalue weighted by atomic mass is 9.96. The molecule has 1 aliphatic rings. The molecule has 2 rings (SSSR count). The Hall–Kier alpha value is -0.810. The van der Waals surface area contributed by atoms with Gasteiger partial charge in [-0.2, -0.15) is 0 Å². The van der Waals surface area contributed by atoms with Crippen molar-refractivity contribution < 1.29 is 9.50 Å². The summed E-state index contributed by atoms with van der Waals surface area (Å²) < 4.78 is 13.9. The highest BCUT2D eigenvalue weighted by atomic mass is 79.9. The minimum absolute atomic E-state index is 0.176. The van der Waals surface area contributed by atoms with Crippen molar-refractivity contribution in [2.45, 2.75) is 19.4 Å². The van der Waals surface area contributed by atoms with Crippen LogP contribution in [-0.2, 0) is 0 Å². The third kappa shape index (κ3) is 2.55. The summed E-state index contributed by atoms with van der Waals surface area (Å²) in [6.07, 6.45) is 0.422. The van der Waals surface area contributed by atoms with Crippen LogP contribution in [0.2, 0.25) is 0 Å². The van der Waals surface area contributed by atoms with E-state index in [4.69, 9.17) is 5.73 Å². The highest BCUT2D eigenvalue weighted by Gasteiger charge is 2.25. The SMILES string of the molecule is CC1CN(c2cc(F)c(Br)cc2N)CCC1O. The number of nitrogens with zero attached hydrogens (tertiary/aromatic N) is 1. The molecule has 2 unspecified atom stereocenters. The van der Waals surface area contributed by atoms with Crippen LogP contribution < -0.4 is 10.6 Å². The molecule has 94 valence electrons. The van der Waals surface area contributed by atoms with Gasteiger partial charge in [0, 0.05) is 19.2 Å². The normalized spacial score (nSPS) is 25.1. The van der Waals surface area contributed by atoms with Gasteiger partial charge in [0.1, 0.15) is 5.82 Å². The number of hydrogen-bond acceptors (Lipinski definition) is 3. The summed E-state index contributed by atoms with van der Waals surface area (Å²) >= 11 is 3.11. The minimum atomic E-state index is -0.312. The first-order valence-corrected chi connectivity index (χ1v) is 6.46. The maximum atomic E-state index is 13.5. The van der Waals surface area contributed by atoms with Crippen molar-refractivity contribution in [1.29, 1.82) is 0 Å². The van der Waals surface area contributed by atoms with Crippen molar-refractivity contribution >= 4 is 27.3 Å². The van der Waals surface area contributed by atoms with Crippen LogP contribution in [0.4, 0.5) is 15.8 Å². The molecule has 0 saturated carbocycles. The lowest BCUT2D eigenvalue weighted by Gasteiger charge is -2.36. The predicted molar refractivity (Wildman–Crippen MR) is 70.5 cm³/mol. The van der Waals surface area contributed by atoms with Gasteiger partial charge in [-0.1, -0.05) is 6.92 Å². The monoisotopic (exact) mass is 302 g/mol. The van der Waals surface area contributed by atoms with Gasteiger partial charge < -0.3 is 15.7 Å². The molecule has 1 aromatic carbocycles. The zero-order valence-corrected chi connectivity index (χ0v) is 11.2. The highest BCUT2D eigenvalue weighted by Crippen LogP contribution is 2.32. The maximum Gasteiger partial charge on any atom is 0.139 e. The van der Waals surface area contributed by atoms with Crippen LogP contribution in [0.15, 0.2) is 16.6 Å². The van der Waals surface area contributed by atoms with Crippen molar-refractivity contribution in [3.05, 3.63) is 22.4 Å². The fourth-order valence-corrected chi connectivity index (χ4v) is 2.54. The van der Waals surface area contributed by atoms with Crippen molar-refractivity contribution in [2.24, 2.45) is 5.92 Å². The number of nitrogen functional groups attached to an aromatic ring is 1. The molecule has 17 heavy (non-hydrogen) atoms. The second-order valence-electron chi connectivity index (χ2n) is 4.60. The van der Waals surface area contributed by atoms with Gasteiger partial charge in [0.15, 0.2) is 0 Å². The molecule has 1 aliphatic heterocycles. The van der Waals surface area contributed by atoms with Crippen LogP contribution in [0, 0.1) is 11.7 Å². The molecule has 2 atom stereocenters. The van der Waals surface area contributed by atoms with E-state index in [9.17, 15) is 9.50 Å². The van der Waals surface area contributed by atoms with Crippen LogP contribution in [0.5, 0.6) is 0 Å². The lowest BCUT2D eigenvalue weighted by molar-refractivity contribution is 0.0971. The quantitative estimate of drug-likeness (QED) is 0.783. The third-order valence-electron chi connectivity index (χ3n) is 3.27. The minimum Gasteiger partial charge on any atom is -0.397 e. The molecular formula is C12H16BrFN2O. The summed E-state index contributed by atoms with van der Waals surface area (Å²) in [4.78, 5) is 2.03. The van der Waals surface area contributed by atoms with E-state index < -0.39 is 0 Å². The number of rotatable bonds is 1. The number of hydrogen-bond donors (Lipinski definition) is 2. The topological polar surface area (TPSA) is 49.5 Å². The van der Waals surface area contributed by atoms with E-state index in [1.165, 1.54) is 6.07 Å². The maximum absolute atomic E-state index is 13.5. The largest absolute Gasteiger partial charge is 0.397 e. The van der Waals surface area contributed by atoms with Gasteiger partial charge in [-0.15, -0.1) is 0 Å². The first kappa shape index (κ1) is 12.6. The Labute approximate surface area is 109 Å². The standard InChI is InChI=1S/C12H16BrFN2O/c1-7-6-16(3-2-12(7)17)11-5-9(14)8(13)4-10(11)15/h4-5,7,12,17H,2-3,6,15H2,1H3. The molecule has 0 spiro atoms. The van der Waals surface area contributed by atoms with Crippen molar-refractivity contribution in [2.75, 3.05) is 23.7 Å². The summed E-state index contributed by atoms with van der Waals surface area (Å²) in [7, 11) is 0. The van der Waals surface area contributed by atoms with Crippen LogP contribution >= 0.6 is 15.9 Å². The Morgan fingerprint density at radius 2 is 2.24 bits per heavy atom. The van der Waals surface area contributed by atoms with Gasteiger partial charge in [-0.05, 0) is 34.3 Å². The van der Waals surface area contributed by atoms with E-state index in [-0.39, 0.29) is 17.8 Å². The van der Waals surface area contributed by atoms with Crippen LogP contribution in [-0.4, -0.2) is 24.3 Å². The third-order valence-corrected chi connectivity index (χ3v) is 3.88. The molecular weight excluding hydrogens is 287 g/mol. The molecule has 3 N–H and O–H groups in total. The number of halogens is 2. The smallest absolute Gasteiger partial charge is 0.139 e. The molecule has 0 amide bonds. The molecule has 5 heteroatoms. The van der Waals surface area contributed by atoms with Gasteiger partial charge in [0.25, 0.3) is 0 Å². The Kier molecular flexibility index (Phi) is 3.58. The van der Waals surface area contributed by atoms with Crippen LogP contribution in [0.3, 0.4) is 0 Å². The average Bonchev–Trinajstić information content (AvgIpc) is 2.27. The molecule has 1 fully saturated rings. The van der Waals surface area contributed by atoms with Gasteiger partial charge in [0.05, 0.1) is 22.0 Å². The summed E-state index contributed by atoms with van der Waals surface area (Å²) in [5, 5.41) is 9.67. The second kappa shape index (κ2) is 4.82. The van der Waals surface area contributed by atoms with Crippen molar-refractivity contribution in [1.82, 2.24) is 0 Å². The number of aliphatic hydroxyl groups is 1. The van der Waals surface area contributed by atoms with E-state index in [1.54, 1.807) is 6.07 Å². The van der Waals surface area contributed by atoms with Gasteiger partial charge in [-0.3, -0.25) is 0 Å². The van der Waals surface area contributed by atoms with Gasteiger partial charge >= 0.3 is 0 Å². The predicted octanol–water partition coefficient (Wildman–Crippen LogP) is 2.38. The Morgan fingerprint density at radius 3 is 2.88 bits per heavy atom. The number of aliphatic hydroxyl groups excluding tert-OH is 1. The Morgan fingerprint density at radius 1 is 1.53 bits per heavy atom. The van der Waals surface area contributed by atoms with E-state index in [2.05, 4.69) is 15.9 Å². The zero-order chi connectivity index (χ0) is 12.6. The van der Waals surface area contributed by atoms with E-state index in [1.807, 2.05) is 11.8 Å². The Balaban J connectivity index is 2.26. The molecule has 1 saturated heterocycles. The summed E-state index contributed by atoms with van der Waals surface area (Å²) in [5.74, 6) is -0.136. The molecule has 1 heterocycles. The number of piperidine rings is 1.